The Hall–Kier alpha value is -2.95. The van der Waals surface area contributed by atoms with E-state index in [4.69, 9.17) is 0 Å². The molecule has 0 aliphatic rings. The number of anilines is 2. The van der Waals surface area contributed by atoms with Crippen LogP contribution in [0.25, 0.3) is 0 Å². The number of hydrogen-bond acceptors (Lipinski definition) is 3. The topological polar surface area (TPSA) is 66.5 Å². The molecule has 0 heterocycles. The zero-order chi connectivity index (χ0) is 20.2. The standard InChI is InChI=1S/C22H26N2O3/c1-15(25)17-7-6-8-20(13-17)24(16(2)26)14-21(27)23-19-11-9-18(10-12-19)22(3,4)5/h6-13H,14H2,1-5H3,(H,23,27). The Bertz CT molecular complexity index is 849. The van der Waals surface area contributed by atoms with Crippen LogP contribution in [-0.4, -0.2) is 24.1 Å². The molecule has 2 amide bonds. The maximum absolute atomic E-state index is 12.4. The monoisotopic (exact) mass is 366 g/mol. The third-order valence-electron chi connectivity index (χ3n) is 4.28. The molecule has 2 aromatic rings. The number of carbonyl (C=O) groups excluding carboxylic acids is 3. The van der Waals surface area contributed by atoms with Crippen LogP contribution >= 0.6 is 0 Å². The van der Waals surface area contributed by atoms with Gasteiger partial charge in [-0.15, -0.1) is 0 Å². The Morgan fingerprint density at radius 2 is 1.59 bits per heavy atom. The van der Waals surface area contributed by atoms with Crippen LogP contribution in [0.4, 0.5) is 11.4 Å². The van der Waals surface area contributed by atoms with Gasteiger partial charge in [-0.2, -0.15) is 0 Å². The summed E-state index contributed by atoms with van der Waals surface area (Å²) in [5.41, 5.74) is 2.90. The van der Waals surface area contributed by atoms with Crippen LogP contribution in [0.3, 0.4) is 0 Å². The van der Waals surface area contributed by atoms with Gasteiger partial charge in [0.15, 0.2) is 5.78 Å². The number of rotatable bonds is 5. The molecule has 0 aliphatic carbocycles. The Morgan fingerprint density at radius 1 is 0.963 bits per heavy atom. The van der Waals surface area contributed by atoms with Crippen molar-refractivity contribution < 1.29 is 14.4 Å². The van der Waals surface area contributed by atoms with Crippen molar-refractivity contribution in [3.05, 3.63) is 59.7 Å². The van der Waals surface area contributed by atoms with Gasteiger partial charge in [0, 0.05) is 23.9 Å². The normalized spacial score (nSPS) is 11.0. The minimum atomic E-state index is -0.304. The first-order valence-corrected chi connectivity index (χ1v) is 8.87. The van der Waals surface area contributed by atoms with Crippen LogP contribution in [0.2, 0.25) is 0 Å². The van der Waals surface area contributed by atoms with Gasteiger partial charge in [-0.05, 0) is 42.2 Å². The van der Waals surface area contributed by atoms with Gasteiger partial charge < -0.3 is 10.2 Å². The van der Waals surface area contributed by atoms with Gasteiger partial charge in [-0.1, -0.05) is 45.0 Å². The molecule has 0 fully saturated rings. The van der Waals surface area contributed by atoms with E-state index in [1.807, 2.05) is 24.3 Å². The van der Waals surface area contributed by atoms with Crippen molar-refractivity contribution in [3.63, 3.8) is 0 Å². The second kappa shape index (κ2) is 8.16. The third-order valence-corrected chi connectivity index (χ3v) is 4.28. The number of Topliss-reactive ketones (excluding diaryl/α,β-unsaturated/α-hetero) is 1. The zero-order valence-electron chi connectivity index (χ0n) is 16.5. The van der Waals surface area contributed by atoms with Crippen molar-refractivity contribution in [1.29, 1.82) is 0 Å². The zero-order valence-corrected chi connectivity index (χ0v) is 16.5. The van der Waals surface area contributed by atoms with Gasteiger partial charge in [-0.3, -0.25) is 14.4 Å². The molecule has 0 bridgehead atoms. The average Bonchev–Trinajstić information content (AvgIpc) is 2.59. The molecule has 2 rings (SSSR count). The van der Waals surface area contributed by atoms with E-state index in [0.29, 0.717) is 16.9 Å². The van der Waals surface area contributed by atoms with Crippen LogP contribution in [0, 0.1) is 0 Å². The predicted octanol–water partition coefficient (Wildman–Crippen LogP) is 4.18. The largest absolute Gasteiger partial charge is 0.325 e. The van der Waals surface area contributed by atoms with E-state index in [0.717, 1.165) is 0 Å². The fourth-order valence-corrected chi connectivity index (χ4v) is 2.67. The molecule has 0 aliphatic heterocycles. The van der Waals surface area contributed by atoms with E-state index in [9.17, 15) is 14.4 Å². The Kier molecular flexibility index (Phi) is 6.16. The molecule has 0 saturated carbocycles. The molecule has 0 spiro atoms. The van der Waals surface area contributed by atoms with Crippen molar-refractivity contribution in [3.8, 4) is 0 Å². The summed E-state index contributed by atoms with van der Waals surface area (Å²) in [6, 6.07) is 14.4. The van der Waals surface area contributed by atoms with E-state index in [-0.39, 0.29) is 29.6 Å². The van der Waals surface area contributed by atoms with Gasteiger partial charge in [0.05, 0.1) is 0 Å². The Labute approximate surface area is 160 Å². The van der Waals surface area contributed by atoms with E-state index >= 15 is 0 Å². The molecule has 2 aromatic carbocycles. The third kappa shape index (κ3) is 5.51. The molecule has 5 heteroatoms. The van der Waals surface area contributed by atoms with E-state index < -0.39 is 0 Å². The van der Waals surface area contributed by atoms with Crippen LogP contribution in [0.15, 0.2) is 48.5 Å². The maximum atomic E-state index is 12.4. The van der Waals surface area contributed by atoms with Gasteiger partial charge in [-0.25, -0.2) is 0 Å². The highest BCUT2D eigenvalue weighted by Gasteiger charge is 2.17. The molecule has 0 unspecified atom stereocenters. The molecule has 1 N–H and O–H groups in total. The lowest BCUT2D eigenvalue weighted by molar-refractivity contribution is -0.120. The highest BCUT2D eigenvalue weighted by atomic mass is 16.2. The maximum Gasteiger partial charge on any atom is 0.244 e. The quantitative estimate of drug-likeness (QED) is 0.807. The van der Waals surface area contributed by atoms with Crippen LogP contribution in [0.1, 0.15) is 50.5 Å². The van der Waals surface area contributed by atoms with E-state index in [1.165, 1.54) is 24.3 Å². The number of hydrogen-bond donors (Lipinski definition) is 1. The number of amides is 2. The molecule has 0 atom stereocenters. The van der Waals surface area contributed by atoms with E-state index in [2.05, 4.69) is 26.1 Å². The molecule has 142 valence electrons. The van der Waals surface area contributed by atoms with Crippen LogP contribution in [-0.2, 0) is 15.0 Å². The summed E-state index contributed by atoms with van der Waals surface area (Å²) in [5.74, 6) is -0.667. The molecule has 5 nitrogen and oxygen atoms in total. The number of nitrogens with zero attached hydrogens (tertiary/aromatic N) is 1. The highest BCUT2D eigenvalue weighted by Crippen LogP contribution is 2.23. The lowest BCUT2D eigenvalue weighted by Crippen LogP contribution is -2.36. The summed E-state index contributed by atoms with van der Waals surface area (Å²) in [5, 5.41) is 2.81. The molecule has 0 saturated heterocycles. The van der Waals surface area contributed by atoms with Crippen molar-refractivity contribution >= 4 is 29.0 Å². The average molecular weight is 366 g/mol. The van der Waals surface area contributed by atoms with Crippen molar-refractivity contribution in [2.45, 2.75) is 40.0 Å². The van der Waals surface area contributed by atoms with Crippen molar-refractivity contribution in [2.24, 2.45) is 0 Å². The number of benzene rings is 2. The Morgan fingerprint density at radius 3 is 2.11 bits per heavy atom. The minimum absolute atomic E-state index is 0.0374. The molecular weight excluding hydrogens is 340 g/mol. The lowest BCUT2D eigenvalue weighted by atomic mass is 9.87. The molecule has 0 aromatic heterocycles. The van der Waals surface area contributed by atoms with Crippen LogP contribution < -0.4 is 10.2 Å². The molecule has 0 radical (unpaired) electrons. The molecule has 27 heavy (non-hydrogen) atoms. The summed E-state index contributed by atoms with van der Waals surface area (Å²) in [6.07, 6.45) is 0. The summed E-state index contributed by atoms with van der Waals surface area (Å²) in [6.45, 7) is 9.11. The summed E-state index contributed by atoms with van der Waals surface area (Å²) >= 11 is 0. The smallest absolute Gasteiger partial charge is 0.244 e. The fourth-order valence-electron chi connectivity index (χ4n) is 2.67. The highest BCUT2D eigenvalue weighted by molar-refractivity contribution is 6.03. The van der Waals surface area contributed by atoms with Gasteiger partial charge in [0.2, 0.25) is 11.8 Å². The lowest BCUT2D eigenvalue weighted by Gasteiger charge is -2.22. The van der Waals surface area contributed by atoms with Crippen molar-refractivity contribution in [1.82, 2.24) is 0 Å². The first-order chi connectivity index (χ1) is 12.6. The second-order valence-electron chi connectivity index (χ2n) is 7.59. The summed E-state index contributed by atoms with van der Waals surface area (Å²) in [4.78, 5) is 37.4. The summed E-state index contributed by atoms with van der Waals surface area (Å²) in [7, 11) is 0. The number of nitrogens with one attached hydrogen (secondary N) is 1. The first-order valence-electron chi connectivity index (χ1n) is 8.87. The van der Waals surface area contributed by atoms with Crippen molar-refractivity contribution in [2.75, 3.05) is 16.8 Å². The SMILES string of the molecule is CC(=O)c1cccc(N(CC(=O)Nc2ccc(C(C)(C)C)cc2)C(C)=O)c1. The van der Waals surface area contributed by atoms with Gasteiger partial charge in [0.1, 0.15) is 6.54 Å². The molecular formula is C22H26N2O3. The first kappa shape index (κ1) is 20.4. The number of ketones is 1. The predicted molar refractivity (Wildman–Crippen MR) is 108 cm³/mol. The van der Waals surface area contributed by atoms with Gasteiger partial charge >= 0.3 is 0 Å². The summed E-state index contributed by atoms with van der Waals surface area (Å²) < 4.78 is 0. The minimum Gasteiger partial charge on any atom is -0.325 e. The van der Waals surface area contributed by atoms with Crippen LogP contribution in [0.5, 0.6) is 0 Å². The van der Waals surface area contributed by atoms with E-state index in [1.54, 1.807) is 24.3 Å². The fraction of sp³-hybridized carbons (Fsp3) is 0.318. The number of carbonyl (C=O) groups is 3. The van der Waals surface area contributed by atoms with Gasteiger partial charge in [0.25, 0.3) is 0 Å². The second-order valence-corrected chi connectivity index (χ2v) is 7.59. The Balaban J connectivity index is 2.12.